The molecule has 1 rings (SSSR count). The Morgan fingerprint density at radius 3 is 2.06 bits per heavy atom. The maximum atomic E-state index is 5.88. The highest BCUT2D eigenvalue weighted by atomic mass is 31.1. The molecule has 0 N–H and O–H groups in total. The van der Waals surface area contributed by atoms with Crippen LogP contribution in [0.25, 0.3) is 0 Å². The van der Waals surface area contributed by atoms with Crippen LogP contribution < -0.4 is 4.74 Å². The number of ether oxygens (including phenoxy) is 2. The average molecular weight is 268 g/mol. The SMILES string of the molecule is COC(Oc1ccc(C(C)PC)cc1)C(C)(C)C. The van der Waals surface area contributed by atoms with Gasteiger partial charge in [-0.15, -0.1) is 8.58 Å². The predicted octanol–water partition coefficient (Wildman–Crippen LogP) is 4.45. The van der Waals surface area contributed by atoms with Gasteiger partial charge < -0.3 is 9.47 Å². The molecule has 3 heteroatoms. The van der Waals surface area contributed by atoms with Crippen LogP contribution in [0.3, 0.4) is 0 Å². The zero-order valence-corrected chi connectivity index (χ0v) is 13.3. The van der Waals surface area contributed by atoms with Gasteiger partial charge in [-0.2, -0.15) is 0 Å². The van der Waals surface area contributed by atoms with Crippen LogP contribution in [0.2, 0.25) is 0 Å². The van der Waals surface area contributed by atoms with Crippen LogP contribution in [0, 0.1) is 5.41 Å². The first-order valence-corrected chi connectivity index (χ1v) is 7.93. The highest BCUT2D eigenvalue weighted by Crippen LogP contribution is 2.32. The normalized spacial score (nSPS) is 15.9. The molecule has 0 heterocycles. The number of hydrogen-bond donors (Lipinski definition) is 0. The van der Waals surface area contributed by atoms with Crippen molar-refractivity contribution in [3.05, 3.63) is 29.8 Å². The summed E-state index contributed by atoms with van der Waals surface area (Å²) >= 11 is 0. The Bertz CT molecular complexity index is 354. The lowest BCUT2D eigenvalue weighted by Gasteiger charge is -2.29. The molecule has 0 saturated carbocycles. The van der Waals surface area contributed by atoms with Crippen LogP contribution in [0.4, 0.5) is 0 Å². The Morgan fingerprint density at radius 2 is 1.67 bits per heavy atom. The molecule has 0 radical (unpaired) electrons. The molecule has 3 atom stereocenters. The summed E-state index contributed by atoms with van der Waals surface area (Å²) < 4.78 is 11.3. The van der Waals surface area contributed by atoms with E-state index in [0.29, 0.717) is 5.66 Å². The van der Waals surface area contributed by atoms with Gasteiger partial charge in [-0.05, 0) is 30.0 Å². The van der Waals surface area contributed by atoms with Crippen molar-refractivity contribution in [3.8, 4) is 5.75 Å². The summed E-state index contributed by atoms with van der Waals surface area (Å²) in [5.41, 5.74) is 1.96. The van der Waals surface area contributed by atoms with E-state index in [1.54, 1.807) is 7.11 Å². The van der Waals surface area contributed by atoms with Gasteiger partial charge >= 0.3 is 0 Å². The molecule has 1 aromatic carbocycles. The quantitative estimate of drug-likeness (QED) is 0.580. The molecular weight excluding hydrogens is 243 g/mol. The van der Waals surface area contributed by atoms with Crippen molar-refractivity contribution >= 4 is 8.58 Å². The summed E-state index contributed by atoms with van der Waals surface area (Å²) in [6.45, 7) is 10.8. The maximum Gasteiger partial charge on any atom is 0.204 e. The molecule has 0 saturated heterocycles. The van der Waals surface area contributed by atoms with E-state index >= 15 is 0 Å². The number of methoxy groups -OCH3 is 1. The molecule has 0 aromatic heterocycles. The summed E-state index contributed by atoms with van der Waals surface area (Å²) in [7, 11) is 2.61. The minimum Gasteiger partial charge on any atom is -0.464 e. The summed E-state index contributed by atoms with van der Waals surface area (Å²) in [6.07, 6.45) is -0.228. The smallest absolute Gasteiger partial charge is 0.204 e. The second-order valence-electron chi connectivity index (χ2n) is 5.63. The fourth-order valence-electron chi connectivity index (χ4n) is 1.70. The van der Waals surface area contributed by atoms with Crippen LogP contribution in [-0.2, 0) is 4.74 Å². The third-order valence-electron chi connectivity index (χ3n) is 2.98. The highest BCUT2D eigenvalue weighted by molar-refractivity contribution is 7.37. The second kappa shape index (κ2) is 6.54. The molecule has 18 heavy (non-hydrogen) atoms. The first-order chi connectivity index (χ1) is 8.38. The van der Waals surface area contributed by atoms with E-state index in [-0.39, 0.29) is 11.7 Å². The monoisotopic (exact) mass is 268 g/mol. The summed E-state index contributed by atoms with van der Waals surface area (Å²) in [6, 6.07) is 8.35. The molecule has 3 unspecified atom stereocenters. The molecule has 0 spiro atoms. The third-order valence-corrected chi connectivity index (χ3v) is 4.18. The maximum absolute atomic E-state index is 5.88. The molecule has 0 amide bonds. The fraction of sp³-hybridized carbons (Fsp3) is 0.600. The Balaban J connectivity index is 2.74. The van der Waals surface area contributed by atoms with Crippen molar-refractivity contribution < 1.29 is 9.47 Å². The molecule has 0 bridgehead atoms. The van der Waals surface area contributed by atoms with Crippen LogP contribution in [0.5, 0.6) is 5.75 Å². The van der Waals surface area contributed by atoms with Gasteiger partial charge in [-0.25, -0.2) is 0 Å². The van der Waals surface area contributed by atoms with Crippen molar-refractivity contribution in [1.29, 1.82) is 0 Å². The molecule has 1 aromatic rings. The van der Waals surface area contributed by atoms with Crippen LogP contribution in [0.1, 0.15) is 38.9 Å². The van der Waals surface area contributed by atoms with Crippen molar-refractivity contribution in [1.82, 2.24) is 0 Å². The van der Waals surface area contributed by atoms with Crippen molar-refractivity contribution in [2.24, 2.45) is 5.41 Å². The molecule has 0 aliphatic heterocycles. The van der Waals surface area contributed by atoms with Gasteiger partial charge in [0.1, 0.15) is 5.75 Å². The molecule has 2 nitrogen and oxygen atoms in total. The lowest BCUT2D eigenvalue weighted by molar-refractivity contribution is -0.120. The molecule has 0 fully saturated rings. The van der Waals surface area contributed by atoms with Gasteiger partial charge in [0, 0.05) is 12.5 Å². The van der Waals surface area contributed by atoms with E-state index in [4.69, 9.17) is 9.47 Å². The first-order valence-electron chi connectivity index (χ1n) is 6.35. The molecule has 0 aliphatic carbocycles. The van der Waals surface area contributed by atoms with Gasteiger partial charge in [-0.1, -0.05) is 39.8 Å². The van der Waals surface area contributed by atoms with E-state index in [0.717, 1.165) is 14.3 Å². The van der Waals surface area contributed by atoms with Crippen LogP contribution in [-0.4, -0.2) is 20.1 Å². The van der Waals surface area contributed by atoms with Crippen LogP contribution in [0.15, 0.2) is 24.3 Å². The topological polar surface area (TPSA) is 18.5 Å². The third kappa shape index (κ3) is 4.26. The van der Waals surface area contributed by atoms with E-state index in [1.807, 2.05) is 12.1 Å². The predicted molar refractivity (Wildman–Crippen MR) is 80.0 cm³/mol. The zero-order chi connectivity index (χ0) is 13.8. The Labute approximate surface area is 113 Å². The Kier molecular flexibility index (Phi) is 5.62. The van der Waals surface area contributed by atoms with Gasteiger partial charge in [0.2, 0.25) is 6.29 Å². The number of rotatable bonds is 5. The fourth-order valence-corrected chi connectivity index (χ4v) is 2.23. The van der Waals surface area contributed by atoms with E-state index in [2.05, 4.69) is 46.5 Å². The summed E-state index contributed by atoms with van der Waals surface area (Å²) in [5.74, 6) is 0.868. The Hall–Kier alpha value is -0.590. The first kappa shape index (κ1) is 15.5. The number of hydrogen-bond acceptors (Lipinski definition) is 2. The standard InChI is InChI=1S/C15H25O2P/c1-11(18-6)12-7-9-13(10-8-12)17-14(16-5)15(2,3)4/h7-11,14,18H,1-6H3. The summed E-state index contributed by atoms with van der Waals surface area (Å²) in [5, 5.41) is 0. The molecule has 0 aliphatic rings. The van der Waals surface area contributed by atoms with Crippen LogP contribution >= 0.6 is 8.58 Å². The lowest BCUT2D eigenvalue weighted by Crippen LogP contribution is -2.33. The van der Waals surface area contributed by atoms with Crippen molar-refractivity contribution in [2.75, 3.05) is 13.8 Å². The Morgan fingerprint density at radius 1 is 1.11 bits per heavy atom. The van der Waals surface area contributed by atoms with Gasteiger partial charge in [0.25, 0.3) is 0 Å². The van der Waals surface area contributed by atoms with Crippen molar-refractivity contribution in [2.45, 2.75) is 39.6 Å². The molecular formula is C15H25O2P. The minimum absolute atomic E-state index is 0.0362. The van der Waals surface area contributed by atoms with E-state index in [1.165, 1.54) is 5.56 Å². The average Bonchev–Trinajstić information content (AvgIpc) is 2.34. The summed E-state index contributed by atoms with van der Waals surface area (Å²) in [4.78, 5) is 0. The van der Waals surface area contributed by atoms with Gasteiger partial charge in [0.15, 0.2) is 0 Å². The molecule has 102 valence electrons. The van der Waals surface area contributed by atoms with Gasteiger partial charge in [0.05, 0.1) is 0 Å². The van der Waals surface area contributed by atoms with E-state index in [9.17, 15) is 0 Å². The zero-order valence-electron chi connectivity index (χ0n) is 12.3. The van der Waals surface area contributed by atoms with Crippen molar-refractivity contribution in [3.63, 3.8) is 0 Å². The van der Waals surface area contributed by atoms with E-state index < -0.39 is 0 Å². The second-order valence-corrected chi connectivity index (χ2v) is 7.07. The van der Waals surface area contributed by atoms with Gasteiger partial charge in [-0.3, -0.25) is 0 Å². The highest BCUT2D eigenvalue weighted by Gasteiger charge is 2.26. The lowest BCUT2D eigenvalue weighted by atomic mass is 9.96. The minimum atomic E-state index is -0.228. The number of benzene rings is 1. The largest absolute Gasteiger partial charge is 0.464 e.